The van der Waals surface area contributed by atoms with Crippen molar-refractivity contribution >= 4 is 33.2 Å². The van der Waals surface area contributed by atoms with Crippen molar-refractivity contribution in [1.29, 1.82) is 5.26 Å². The average molecular weight is 479 g/mol. The van der Waals surface area contributed by atoms with Gasteiger partial charge in [0.15, 0.2) is 11.7 Å². The quantitative estimate of drug-likeness (QED) is 0.506. The number of nitriles is 1. The predicted octanol–water partition coefficient (Wildman–Crippen LogP) is 4.09. The van der Waals surface area contributed by atoms with Gasteiger partial charge in [-0.3, -0.25) is 9.78 Å². The molecule has 1 aliphatic rings. The topological polar surface area (TPSA) is 104 Å². The van der Waals surface area contributed by atoms with Gasteiger partial charge < -0.3 is 0 Å². The number of ketones is 1. The van der Waals surface area contributed by atoms with Gasteiger partial charge in [0.1, 0.15) is 5.01 Å². The van der Waals surface area contributed by atoms with E-state index in [0.29, 0.717) is 29.2 Å². The molecule has 9 heteroatoms. The smallest absolute Gasteiger partial charge is 0.236 e. The number of rotatable bonds is 7. The number of hydrogen-bond acceptors (Lipinski definition) is 7. The van der Waals surface area contributed by atoms with Crippen LogP contribution < -0.4 is 0 Å². The van der Waals surface area contributed by atoms with Crippen LogP contribution in [0.5, 0.6) is 0 Å². The Morgan fingerprint density at radius 3 is 2.52 bits per heavy atom. The number of carbonyl (C=O) groups is 1. The standard InChI is InChI=1S/C24H22N4O3S2/c25-16-20(24-27-22(17-32-24)21-8-4-5-12-26-21)23(29)19-9-13-28(14-10-19)33(30,31)15-11-18-6-2-1-3-7-18/h1-8,11-12,15,17,19-20H,9-10,13-14H2/b15-11+/t20-/m0/s1. The van der Waals surface area contributed by atoms with E-state index in [1.165, 1.54) is 21.1 Å². The van der Waals surface area contributed by atoms with Crippen molar-refractivity contribution in [2.45, 2.75) is 18.8 Å². The van der Waals surface area contributed by atoms with Gasteiger partial charge in [0.25, 0.3) is 0 Å². The fourth-order valence-electron chi connectivity index (χ4n) is 3.74. The lowest BCUT2D eigenvalue weighted by Crippen LogP contribution is -2.40. The molecule has 1 atom stereocenters. The summed E-state index contributed by atoms with van der Waals surface area (Å²) in [4.78, 5) is 21.8. The molecule has 0 N–H and O–H groups in total. The fraction of sp³-hybridized carbons (Fsp3) is 0.250. The molecule has 3 aromatic rings. The highest BCUT2D eigenvalue weighted by Crippen LogP contribution is 2.31. The summed E-state index contributed by atoms with van der Waals surface area (Å²) in [5.74, 6) is -1.53. The molecular weight excluding hydrogens is 456 g/mol. The third-order valence-electron chi connectivity index (χ3n) is 5.56. The molecule has 4 rings (SSSR count). The van der Waals surface area contributed by atoms with E-state index in [4.69, 9.17) is 0 Å². The molecule has 0 saturated carbocycles. The van der Waals surface area contributed by atoms with E-state index in [1.54, 1.807) is 17.7 Å². The Balaban J connectivity index is 1.40. The Morgan fingerprint density at radius 1 is 1.12 bits per heavy atom. The Morgan fingerprint density at radius 2 is 1.85 bits per heavy atom. The average Bonchev–Trinajstić information content (AvgIpc) is 3.34. The van der Waals surface area contributed by atoms with Crippen molar-refractivity contribution in [1.82, 2.24) is 14.3 Å². The number of thiazole rings is 1. The van der Waals surface area contributed by atoms with E-state index < -0.39 is 15.9 Å². The molecule has 0 bridgehead atoms. The molecular formula is C24H22N4O3S2. The molecule has 0 unspecified atom stereocenters. The molecule has 0 aliphatic carbocycles. The number of nitrogens with zero attached hydrogens (tertiary/aromatic N) is 4. The minimum atomic E-state index is -3.58. The van der Waals surface area contributed by atoms with E-state index in [1.807, 2.05) is 48.5 Å². The minimum Gasteiger partial charge on any atom is -0.297 e. The second-order valence-corrected chi connectivity index (χ2v) is 10.4. The minimum absolute atomic E-state index is 0.198. The second-order valence-electron chi connectivity index (χ2n) is 7.68. The van der Waals surface area contributed by atoms with Gasteiger partial charge in [-0.15, -0.1) is 11.3 Å². The molecule has 0 radical (unpaired) electrons. The highest BCUT2D eigenvalue weighted by Gasteiger charge is 2.35. The first-order valence-corrected chi connectivity index (χ1v) is 12.9. The van der Waals surface area contributed by atoms with Crippen LogP contribution in [0.3, 0.4) is 0 Å². The normalized spacial score (nSPS) is 16.5. The van der Waals surface area contributed by atoms with E-state index in [-0.39, 0.29) is 24.8 Å². The van der Waals surface area contributed by atoms with Crippen molar-refractivity contribution < 1.29 is 13.2 Å². The number of hydrogen-bond donors (Lipinski definition) is 0. The summed E-state index contributed by atoms with van der Waals surface area (Å²) in [5.41, 5.74) is 2.12. The van der Waals surface area contributed by atoms with Gasteiger partial charge in [0.2, 0.25) is 10.0 Å². The lowest BCUT2D eigenvalue weighted by molar-refractivity contribution is -0.124. The molecule has 0 amide bonds. The number of pyridine rings is 1. The van der Waals surface area contributed by atoms with Gasteiger partial charge in [-0.05, 0) is 36.6 Å². The first-order valence-electron chi connectivity index (χ1n) is 10.5. The molecule has 33 heavy (non-hydrogen) atoms. The zero-order valence-electron chi connectivity index (χ0n) is 17.7. The molecule has 1 saturated heterocycles. The summed E-state index contributed by atoms with van der Waals surface area (Å²) in [5, 5.41) is 13.1. The summed E-state index contributed by atoms with van der Waals surface area (Å²) >= 11 is 1.27. The monoisotopic (exact) mass is 478 g/mol. The molecule has 7 nitrogen and oxygen atoms in total. The number of Topliss-reactive ketones (excluding diaryl/α,β-unsaturated/α-hetero) is 1. The van der Waals surface area contributed by atoms with Crippen LogP contribution in [0.4, 0.5) is 0 Å². The van der Waals surface area contributed by atoms with E-state index in [9.17, 15) is 18.5 Å². The van der Waals surface area contributed by atoms with Crippen molar-refractivity contribution in [2.75, 3.05) is 13.1 Å². The van der Waals surface area contributed by atoms with Crippen molar-refractivity contribution in [3.8, 4) is 17.5 Å². The van der Waals surface area contributed by atoms with E-state index in [0.717, 1.165) is 5.56 Å². The number of aromatic nitrogens is 2. The maximum atomic E-state index is 13.1. The van der Waals surface area contributed by atoms with E-state index in [2.05, 4.69) is 16.0 Å². The van der Waals surface area contributed by atoms with Gasteiger partial charge in [-0.25, -0.2) is 13.4 Å². The summed E-state index contributed by atoms with van der Waals surface area (Å²) in [6, 6.07) is 16.8. The fourth-order valence-corrected chi connectivity index (χ4v) is 5.82. The van der Waals surface area contributed by atoms with Crippen LogP contribution in [0.15, 0.2) is 65.5 Å². The van der Waals surface area contributed by atoms with Crippen molar-refractivity contribution in [3.63, 3.8) is 0 Å². The van der Waals surface area contributed by atoms with Gasteiger partial charge in [-0.2, -0.15) is 9.57 Å². The largest absolute Gasteiger partial charge is 0.297 e. The predicted molar refractivity (Wildman–Crippen MR) is 127 cm³/mol. The summed E-state index contributed by atoms with van der Waals surface area (Å²) in [7, 11) is -3.58. The highest BCUT2D eigenvalue weighted by atomic mass is 32.2. The second kappa shape index (κ2) is 10.2. The molecule has 2 aromatic heterocycles. The first-order chi connectivity index (χ1) is 16.0. The van der Waals surface area contributed by atoms with Crippen LogP contribution >= 0.6 is 11.3 Å². The number of carbonyl (C=O) groups excluding carboxylic acids is 1. The number of piperidine rings is 1. The van der Waals surface area contributed by atoms with Crippen LogP contribution in [0.1, 0.15) is 29.3 Å². The maximum Gasteiger partial charge on any atom is 0.236 e. The lowest BCUT2D eigenvalue weighted by atomic mass is 9.87. The molecule has 3 heterocycles. The maximum absolute atomic E-state index is 13.1. The SMILES string of the molecule is N#C[C@@H](C(=O)C1CCN(S(=O)(=O)/C=C/c2ccccc2)CC1)c1nc(-c2ccccn2)cs1. The molecule has 168 valence electrons. The van der Waals surface area contributed by atoms with Gasteiger partial charge in [0, 0.05) is 36.0 Å². The van der Waals surface area contributed by atoms with Crippen LogP contribution in [0, 0.1) is 17.2 Å². The molecule has 1 fully saturated rings. The van der Waals surface area contributed by atoms with Crippen LogP contribution in [0.25, 0.3) is 17.5 Å². The zero-order chi connectivity index (χ0) is 23.3. The molecule has 1 aliphatic heterocycles. The van der Waals surface area contributed by atoms with Gasteiger partial charge in [0.05, 0.1) is 17.5 Å². The van der Waals surface area contributed by atoms with Gasteiger partial charge in [-0.1, -0.05) is 36.4 Å². The molecule has 0 spiro atoms. The summed E-state index contributed by atoms with van der Waals surface area (Å²) in [6.07, 6.45) is 4.00. The van der Waals surface area contributed by atoms with E-state index >= 15 is 0 Å². The highest BCUT2D eigenvalue weighted by molar-refractivity contribution is 7.92. The lowest BCUT2D eigenvalue weighted by Gasteiger charge is -2.30. The molecule has 1 aromatic carbocycles. The van der Waals surface area contributed by atoms with Crippen LogP contribution in [0.2, 0.25) is 0 Å². The zero-order valence-corrected chi connectivity index (χ0v) is 19.4. The Bertz CT molecular complexity index is 1270. The van der Waals surface area contributed by atoms with Crippen LogP contribution in [-0.2, 0) is 14.8 Å². The Labute approximate surface area is 197 Å². The third kappa shape index (κ3) is 5.42. The van der Waals surface area contributed by atoms with Crippen molar-refractivity contribution in [3.05, 3.63) is 76.1 Å². The summed E-state index contributed by atoms with van der Waals surface area (Å²) < 4.78 is 26.7. The van der Waals surface area contributed by atoms with Crippen LogP contribution in [-0.4, -0.2) is 41.6 Å². The Kier molecular flexibility index (Phi) is 7.08. The number of sulfonamides is 1. The van der Waals surface area contributed by atoms with Crippen molar-refractivity contribution in [2.24, 2.45) is 5.92 Å². The summed E-state index contributed by atoms with van der Waals surface area (Å²) in [6.45, 7) is 0.486. The van der Waals surface area contributed by atoms with Gasteiger partial charge >= 0.3 is 0 Å². The number of benzene rings is 1. The first kappa shape index (κ1) is 23.0. The third-order valence-corrected chi connectivity index (χ3v) is 8.03. The Hall–Kier alpha value is -3.19.